The van der Waals surface area contributed by atoms with Crippen molar-refractivity contribution < 1.29 is 4.79 Å². The molecule has 0 fully saturated rings. The minimum absolute atomic E-state index is 0.258. The lowest BCUT2D eigenvalue weighted by Gasteiger charge is -2.10. The summed E-state index contributed by atoms with van der Waals surface area (Å²) in [6.07, 6.45) is 0.873. The van der Waals surface area contributed by atoms with Gasteiger partial charge in [-0.1, -0.05) is 60.1 Å². The Morgan fingerprint density at radius 2 is 1.78 bits per heavy atom. The van der Waals surface area contributed by atoms with Crippen LogP contribution in [0.15, 0.2) is 60.7 Å². The number of hydrogen-bond acceptors (Lipinski definition) is 4. The highest BCUT2D eigenvalue weighted by atomic mass is 35.5. The van der Waals surface area contributed by atoms with Gasteiger partial charge in [0.05, 0.1) is 0 Å². The highest BCUT2D eigenvalue weighted by Gasteiger charge is 2.11. The summed E-state index contributed by atoms with van der Waals surface area (Å²) in [5, 5.41) is 6.74. The number of rotatable bonds is 7. The monoisotopic (exact) mass is 380 g/mol. The maximum Gasteiger partial charge on any atom is 0.270 e. The Morgan fingerprint density at radius 3 is 2.56 bits per heavy atom. The van der Waals surface area contributed by atoms with Crippen molar-refractivity contribution in [3.05, 3.63) is 88.3 Å². The summed E-state index contributed by atoms with van der Waals surface area (Å²) in [5.41, 5.74) is 2.43. The number of halogens is 1. The van der Waals surface area contributed by atoms with Gasteiger partial charge < -0.3 is 10.6 Å². The summed E-state index contributed by atoms with van der Waals surface area (Å²) >= 11 is 6.12. The number of aromatic nitrogens is 2. The molecule has 138 valence electrons. The van der Waals surface area contributed by atoms with Crippen LogP contribution in [0.1, 0.15) is 27.4 Å². The molecule has 6 heteroatoms. The van der Waals surface area contributed by atoms with E-state index in [1.165, 1.54) is 5.56 Å². The van der Waals surface area contributed by atoms with Crippen LogP contribution in [0.5, 0.6) is 0 Å². The Labute approximate surface area is 163 Å². The summed E-state index contributed by atoms with van der Waals surface area (Å²) < 4.78 is 0. The van der Waals surface area contributed by atoms with E-state index in [1.807, 2.05) is 36.4 Å². The predicted octanol–water partition coefficient (Wildman–Crippen LogP) is 4.02. The first-order chi connectivity index (χ1) is 13.1. The Bertz CT molecular complexity index is 915. The van der Waals surface area contributed by atoms with Crippen molar-refractivity contribution in [1.82, 2.24) is 15.3 Å². The van der Waals surface area contributed by atoms with Gasteiger partial charge in [0, 0.05) is 24.2 Å². The summed E-state index contributed by atoms with van der Waals surface area (Å²) in [6, 6.07) is 19.3. The highest BCUT2D eigenvalue weighted by molar-refractivity contribution is 6.31. The van der Waals surface area contributed by atoms with E-state index in [-0.39, 0.29) is 5.91 Å². The van der Waals surface area contributed by atoms with Gasteiger partial charge in [-0.2, -0.15) is 0 Å². The van der Waals surface area contributed by atoms with Gasteiger partial charge in [-0.15, -0.1) is 0 Å². The van der Waals surface area contributed by atoms with E-state index < -0.39 is 0 Å². The lowest BCUT2D eigenvalue weighted by Crippen LogP contribution is -2.24. The first-order valence-electron chi connectivity index (χ1n) is 8.77. The zero-order chi connectivity index (χ0) is 19.1. The largest absolute Gasteiger partial charge is 0.370 e. The molecule has 0 radical (unpaired) electrons. The molecule has 1 amide bonds. The molecule has 5 nitrogen and oxygen atoms in total. The van der Waals surface area contributed by atoms with Crippen LogP contribution in [0.25, 0.3) is 0 Å². The Balaban J connectivity index is 1.60. The fourth-order valence-corrected chi connectivity index (χ4v) is 2.86. The van der Waals surface area contributed by atoms with Crippen molar-refractivity contribution in [3.63, 3.8) is 0 Å². The number of amides is 1. The van der Waals surface area contributed by atoms with Crippen molar-refractivity contribution in [2.75, 3.05) is 11.9 Å². The minimum Gasteiger partial charge on any atom is -0.370 e. The average molecular weight is 381 g/mol. The minimum atomic E-state index is -0.258. The first-order valence-corrected chi connectivity index (χ1v) is 9.15. The molecule has 3 rings (SSSR count). The Hall–Kier alpha value is -2.92. The molecular weight excluding hydrogens is 360 g/mol. The van der Waals surface area contributed by atoms with Gasteiger partial charge in [0.15, 0.2) is 0 Å². The van der Waals surface area contributed by atoms with Crippen LogP contribution in [-0.2, 0) is 13.0 Å². The molecule has 0 aliphatic heterocycles. The van der Waals surface area contributed by atoms with E-state index in [0.717, 1.165) is 18.5 Å². The molecule has 0 aliphatic rings. The maximum atomic E-state index is 12.5. The second-order valence-electron chi connectivity index (χ2n) is 6.12. The van der Waals surface area contributed by atoms with Crippen LogP contribution in [0.4, 0.5) is 5.82 Å². The molecule has 0 saturated heterocycles. The molecule has 3 aromatic rings. The van der Waals surface area contributed by atoms with E-state index in [9.17, 15) is 4.79 Å². The SMILES string of the molecule is Cc1nc(NCCc2ccccc2)cc(C(=O)NCc2ccccc2Cl)n1. The number of anilines is 1. The molecule has 0 bridgehead atoms. The molecule has 1 aromatic heterocycles. The van der Waals surface area contributed by atoms with Crippen LogP contribution in [-0.4, -0.2) is 22.4 Å². The summed E-state index contributed by atoms with van der Waals surface area (Å²) in [4.78, 5) is 21.1. The lowest BCUT2D eigenvalue weighted by molar-refractivity contribution is 0.0945. The van der Waals surface area contributed by atoms with Crippen LogP contribution in [0.3, 0.4) is 0 Å². The van der Waals surface area contributed by atoms with Crippen molar-refractivity contribution in [2.24, 2.45) is 0 Å². The van der Waals surface area contributed by atoms with Gasteiger partial charge in [0.2, 0.25) is 0 Å². The first kappa shape index (κ1) is 18.9. The van der Waals surface area contributed by atoms with Crippen molar-refractivity contribution in [1.29, 1.82) is 0 Å². The number of carbonyl (C=O) groups excluding carboxylic acids is 1. The smallest absolute Gasteiger partial charge is 0.270 e. The zero-order valence-corrected chi connectivity index (χ0v) is 15.8. The fraction of sp³-hybridized carbons (Fsp3) is 0.190. The number of benzene rings is 2. The molecule has 0 saturated carbocycles. The second kappa shape index (κ2) is 9.14. The normalized spacial score (nSPS) is 10.4. The van der Waals surface area contributed by atoms with Crippen LogP contribution in [0.2, 0.25) is 5.02 Å². The third kappa shape index (κ3) is 5.53. The summed E-state index contributed by atoms with van der Waals surface area (Å²) in [6.45, 7) is 2.84. The molecule has 27 heavy (non-hydrogen) atoms. The molecular formula is C21H21ClN4O. The van der Waals surface area contributed by atoms with E-state index in [2.05, 4.69) is 32.7 Å². The highest BCUT2D eigenvalue weighted by Crippen LogP contribution is 2.15. The van der Waals surface area contributed by atoms with Crippen molar-refractivity contribution in [2.45, 2.75) is 19.9 Å². The number of nitrogens with zero attached hydrogens (tertiary/aromatic N) is 2. The van der Waals surface area contributed by atoms with Gasteiger partial charge >= 0.3 is 0 Å². The lowest BCUT2D eigenvalue weighted by atomic mass is 10.1. The average Bonchev–Trinajstić information content (AvgIpc) is 2.67. The number of aryl methyl sites for hydroxylation is 1. The summed E-state index contributed by atoms with van der Waals surface area (Å²) in [7, 11) is 0. The van der Waals surface area contributed by atoms with Gasteiger partial charge in [-0.25, -0.2) is 9.97 Å². The fourth-order valence-electron chi connectivity index (χ4n) is 2.66. The topological polar surface area (TPSA) is 66.9 Å². The number of nitrogens with one attached hydrogen (secondary N) is 2. The standard InChI is InChI=1S/C21H21ClN4O/c1-15-25-19(21(27)24-14-17-9-5-6-10-18(17)22)13-20(26-15)23-12-11-16-7-3-2-4-8-16/h2-10,13H,11-12,14H2,1H3,(H,24,27)(H,23,25,26). The van der Waals surface area contributed by atoms with Gasteiger partial charge in [-0.3, -0.25) is 4.79 Å². The second-order valence-corrected chi connectivity index (χ2v) is 6.53. The van der Waals surface area contributed by atoms with E-state index >= 15 is 0 Å². The van der Waals surface area contributed by atoms with E-state index in [1.54, 1.807) is 19.1 Å². The molecule has 0 unspecified atom stereocenters. The van der Waals surface area contributed by atoms with Gasteiger partial charge in [0.1, 0.15) is 17.3 Å². The summed E-state index contributed by atoms with van der Waals surface area (Å²) in [5.74, 6) is 0.926. The predicted molar refractivity (Wildman–Crippen MR) is 108 cm³/mol. The third-order valence-electron chi connectivity index (χ3n) is 4.03. The van der Waals surface area contributed by atoms with Gasteiger partial charge in [0.25, 0.3) is 5.91 Å². The van der Waals surface area contributed by atoms with Crippen molar-refractivity contribution in [3.8, 4) is 0 Å². The quantitative estimate of drug-likeness (QED) is 0.649. The number of carbonyl (C=O) groups is 1. The molecule has 2 aromatic carbocycles. The van der Waals surface area contributed by atoms with E-state index in [4.69, 9.17) is 11.6 Å². The van der Waals surface area contributed by atoms with Crippen LogP contribution in [0, 0.1) is 6.92 Å². The Morgan fingerprint density at radius 1 is 1.04 bits per heavy atom. The zero-order valence-electron chi connectivity index (χ0n) is 15.1. The van der Waals surface area contributed by atoms with Crippen LogP contribution >= 0.6 is 11.6 Å². The molecule has 0 atom stereocenters. The van der Waals surface area contributed by atoms with Crippen molar-refractivity contribution >= 4 is 23.3 Å². The molecule has 0 spiro atoms. The van der Waals surface area contributed by atoms with E-state index in [0.29, 0.717) is 28.9 Å². The molecule has 2 N–H and O–H groups in total. The number of hydrogen-bond donors (Lipinski definition) is 2. The third-order valence-corrected chi connectivity index (χ3v) is 4.40. The van der Waals surface area contributed by atoms with Gasteiger partial charge in [-0.05, 0) is 30.5 Å². The molecule has 1 heterocycles. The Kier molecular flexibility index (Phi) is 6.39. The molecule has 0 aliphatic carbocycles. The van der Waals surface area contributed by atoms with Crippen LogP contribution < -0.4 is 10.6 Å². The maximum absolute atomic E-state index is 12.5.